The van der Waals surface area contributed by atoms with Crippen molar-refractivity contribution in [3.63, 3.8) is 0 Å². The highest BCUT2D eigenvalue weighted by Crippen LogP contribution is 2.52. The van der Waals surface area contributed by atoms with Crippen molar-refractivity contribution < 1.29 is 14.3 Å². The molecule has 3 aliphatic rings. The molecule has 0 radical (unpaired) electrons. The van der Waals surface area contributed by atoms with E-state index >= 15 is 4.39 Å². The summed E-state index contributed by atoms with van der Waals surface area (Å²) in [4.78, 5) is 31.0. The number of urea groups is 1. The van der Waals surface area contributed by atoms with E-state index in [2.05, 4.69) is 17.4 Å². The maximum Gasteiger partial charge on any atom is 0.320 e. The van der Waals surface area contributed by atoms with Gasteiger partial charge in [0, 0.05) is 49.9 Å². The molecule has 1 aromatic heterocycles. The molecule has 0 bridgehead atoms. The number of pyridine rings is 1. The summed E-state index contributed by atoms with van der Waals surface area (Å²) in [6.07, 6.45) is 5.40. The van der Waals surface area contributed by atoms with Gasteiger partial charge < -0.3 is 24.8 Å². The zero-order valence-corrected chi connectivity index (χ0v) is 22.8. The van der Waals surface area contributed by atoms with Gasteiger partial charge in [-0.05, 0) is 36.5 Å². The first-order valence-electron chi connectivity index (χ1n) is 14.4. The van der Waals surface area contributed by atoms with Crippen molar-refractivity contribution in [2.24, 2.45) is 5.41 Å². The van der Waals surface area contributed by atoms with Gasteiger partial charge in [0.15, 0.2) is 5.82 Å². The summed E-state index contributed by atoms with van der Waals surface area (Å²) in [6.45, 7) is 2.90. The molecule has 1 spiro atoms. The fourth-order valence-corrected chi connectivity index (χ4v) is 7.14. The van der Waals surface area contributed by atoms with E-state index in [1.54, 1.807) is 24.4 Å². The minimum Gasteiger partial charge on any atom is -0.387 e. The number of piperidine rings is 1. The smallest absolute Gasteiger partial charge is 0.320 e. The van der Waals surface area contributed by atoms with Gasteiger partial charge in [-0.1, -0.05) is 73.5 Å². The topological polar surface area (TPSA) is 77.8 Å². The number of piperazine rings is 1. The van der Waals surface area contributed by atoms with Crippen LogP contribution in [0.1, 0.15) is 43.7 Å². The molecule has 2 aromatic carbocycles. The minimum absolute atomic E-state index is 0.000830. The number of likely N-dealkylation sites (tertiary alicyclic amines) is 1. The Morgan fingerprint density at radius 1 is 0.975 bits per heavy atom. The number of carbonyl (C=O) groups is 1. The van der Waals surface area contributed by atoms with Crippen molar-refractivity contribution >= 4 is 6.03 Å². The highest BCUT2D eigenvalue weighted by molar-refractivity contribution is 5.75. The van der Waals surface area contributed by atoms with Crippen LogP contribution in [-0.4, -0.2) is 63.8 Å². The molecule has 2 amide bonds. The molecule has 2 N–H and O–H groups in total. The van der Waals surface area contributed by atoms with Crippen LogP contribution in [0.25, 0.3) is 11.1 Å². The van der Waals surface area contributed by atoms with Gasteiger partial charge in [0.1, 0.15) is 0 Å². The third-order valence-electron chi connectivity index (χ3n) is 9.40. The van der Waals surface area contributed by atoms with Crippen LogP contribution in [0, 0.1) is 11.2 Å². The van der Waals surface area contributed by atoms with Crippen LogP contribution in [0.15, 0.2) is 77.7 Å². The first-order valence-corrected chi connectivity index (χ1v) is 14.4. The van der Waals surface area contributed by atoms with Gasteiger partial charge in [0.05, 0.1) is 18.2 Å². The molecule has 3 heterocycles. The Labute approximate surface area is 234 Å². The van der Waals surface area contributed by atoms with Crippen LogP contribution in [0.5, 0.6) is 0 Å². The van der Waals surface area contributed by atoms with Crippen LogP contribution in [0.2, 0.25) is 0 Å². The third kappa shape index (κ3) is 4.73. The van der Waals surface area contributed by atoms with E-state index in [0.717, 1.165) is 37.8 Å². The normalized spacial score (nSPS) is 24.4. The van der Waals surface area contributed by atoms with E-state index in [1.807, 2.05) is 46.2 Å². The molecule has 3 fully saturated rings. The monoisotopic (exact) mass is 544 g/mol. The second-order valence-corrected chi connectivity index (χ2v) is 11.6. The molecule has 210 valence electrons. The number of amides is 2. The van der Waals surface area contributed by atoms with Crippen molar-refractivity contribution in [2.45, 2.75) is 50.3 Å². The predicted molar refractivity (Wildman–Crippen MR) is 152 cm³/mol. The zero-order valence-electron chi connectivity index (χ0n) is 22.8. The summed E-state index contributed by atoms with van der Waals surface area (Å²) in [6, 6.07) is 20.7. The first kappa shape index (κ1) is 26.7. The lowest BCUT2D eigenvalue weighted by atomic mass is 9.66. The predicted octanol–water partition coefficient (Wildman–Crippen LogP) is 4.42. The summed E-state index contributed by atoms with van der Waals surface area (Å²) in [5.74, 6) is -0.809. The van der Waals surface area contributed by atoms with E-state index in [4.69, 9.17) is 0 Å². The number of aliphatic hydroxyl groups is 1. The van der Waals surface area contributed by atoms with Crippen LogP contribution in [0.3, 0.4) is 0 Å². The summed E-state index contributed by atoms with van der Waals surface area (Å²) in [5.41, 5.74) is -0.476. The molecule has 3 aromatic rings. The molecule has 2 saturated heterocycles. The van der Waals surface area contributed by atoms with Crippen molar-refractivity contribution in [1.82, 2.24) is 19.7 Å². The number of halogens is 1. The summed E-state index contributed by atoms with van der Waals surface area (Å²) < 4.78 is 16.6. The maximum absolute atomic E-state index is 15.3. The second-order valence-electron chi connectivity index (χ2n) is 11.6. The molecule has 2 aliphatic heterocycles. The largest absolute Gasteiger partial charge is 0.387 e. The number of nitrogens with zero attached hydrogens (tertiary/aromatic N) is 3. The van der Waals surface area contributed by atoms with E-state index < -0.39 is 22.4 Å². The lowest BCUT2D eigenvalue weighted by Crippen LogP contribution is -2.64. The lowest BCUT2D eigenvalue weighted by molar-refractivity contribution is -0.136. The van der Waals surface area contributed by atoms with E-state index in [1.165, 1.54) is 4.57 Å². The average Bonchev–Trinajstić information content (AvgIpc) is 3.48. The highest BCUT2D eigenvalue weighted by Gasteiger charge is 2.56. The Morgan fingerprint density at radius 3 is 2.40 bits per heavy atom. The Kier molecular flexibility index (Phi) is 7.23. The lowest BCUT2D eigenvalue weighted by Gasteiger charge is -2.53. The number of rotatable bonds is 4. The van der Waals surface area contributed by atoms with Gasteiger partial charge in [-0.2, -0.15) is 0 Å². The minimum atomic E-state index is -1.22. The van der Waals surface area contributed by atoms with E-state index in [0.29, 0.717) is 38.2 Å². The van der Waals surface area contributed by atoms with Gasteiger partial charge in [0.2, 0.25) is 0 Å². The van der Waals surface area contributed by atoms with E-state index in [9.17, 15) is 14.7 Å². The summed E-state index contributed by atoms with van der Waals surface area (Å²) >= 11 is 0. The Morgan fingerprint density at radius 2 is 1.68 bits per heavy atom. The molecular weight excluding hydrogens is 507 g/mol. The molecule has 6 rings (SSSR count). The molecule has 0 unspecified atom stereocenters. The van der Waals surface area contributed by atoms with Gasteiger partial charge in [0.25, 0.3) is 5.56 Å². The Hall–Kier alpha value is -3.49. The number of benzene rings is 2. The van der Waals surface area contributed by atoms with Gasteiger partial charge in [-0.3, -0.25) is 4.79 Å². The van der Waals surface area contributed by atoms with Crippen LogP contribution < -0.4 is 10.9 Å². The second kappa shape index (κ2) is 10.8. The molecule has 8 heteroatoms. The molecule has 1 aliphatic carbocycles. The fraction of sp³-hybridized carbons (Fsp3) is 0.438. The van der Waals surface area contributed by atoms with Gasteiger partial charge in [-0.15, -0.1) is 0 Å². The van der Waals surface area contributed by atoms with Crippen LogP contribution in [0.4, 0.5) is 9.18 Å². The fourth-order valence-electron chi connectivity index (χ4n) is 7.14. The van der Waals surface area contributed by atoms with Gasteiger partial charge >= 0.3 is 6.03 Å². The van der Waals surface area contributed by atoms with Crippen molar-refractivity contribution in [2.75, 3.05) is 32.7 Å². The Balaban J connectivity index is 1.25. The molecule has 2 atom stereocenters. The number of hydrogen-bond donors (Lipinski definition) is 2. The maximum atomic E-state index is 15.3. The first-order chi connectivity index (χ1) is 19.4. The molecule has 7 nitrogen and oxygen atoms in total. The average molecular weight is 545 g/mol. The van der Waals surface area contributed by atoms with E-state index in [-0.39, 0.29) is 24.2 Å². The number of carbonyl (C=O) groups excluding carboxylic acids is 1. The molecule has 40 heavy (non-hydrogen) atoms. The van der Waals surface area contributed by atoms with Crippen molar-refractivity contribution in [3.8, 4) is 11.1 Å². The van der Waals surface area contributed by atoms with Crippen LogP contribution in [-0.2, 0) is 6.54 Å². The van der Waals surface area contributed by atoms with Crippen molar-refractivity contribution in [3.05, 3.63) is 94.7 Å². The SMILES string of the molecule is O=C(N1CC[C@@](O)(Cn2ccc(-c3ccccc3)c(F)c2=O)C2(CCCC2)C1)N1CCNC[C@H]1c1ccccc1. The summed E-state index contributed by atoms with van der Waals surface area (Å²) in [7, 11) is 0. The third-order valence-corrected chi connectivity index (χ3v) is 9.40. The molecule has 1 saturated carbocycles. The number of nitrogens with one attached hydrogen (secondary N) is 1. The Bertz CT molecular complexity index is 1410. The summed E-state index contributed by atoms with van der Waals surface area (Å²) in [5, 5.41) is 15.6. The quantitative estimate of drug-likeness (QED) is 0.510. The zero-order chi connectivity index (χ0) is 27.7. The highest BCUT2D eigenvalue weighted by atomic mass is 19.1. The van der Waals surface area contributed by atoms with Gasteiger partial charge in [-0.25, -0.2) is 9.18 Å². The number of hydrogen-bond acceptors (Lipinski definition) is 4. The standard InChI is InChI=1S/C32H37FN4O3/c33-28-26(24-9-3-1-4-10-24)13-18-35(29(28)38)23-32(40)16-19-36(22-31(32)14-7-8-15-31)30(39)37-20-17-34-21-27(37)25-11-5-2-6-12-25/h1-6,9-13,18,27,34,40H,7-8,14-17,19-23H2/t27-,32+/m0/s1. The molecular formula is C32H37FN4O3. The number of aromatic nitrogens is 1. The van der Waals surface area contributed by atoms with Crippen LogP contribution >= 0.6 is 0 Å². The van der Waals surface area contributed by atoms with Crippen molar-refractivity contribution in [1.29, 1.82) is 0 Å².